The second kappa shape index (κ2) is 2.30. The Bertz CT molecular complexity index is 352. The van der Waals surface area contributed by atoms with Crippen LogP contribution in [0.3, 0.4) is 0 Å². The molecule has 4 nitrogen and oxygen atoms in total. The van der Waals surface area contributed by atoms with E-state index in [-0.39, 0.29) is 5.82 Å². The lowest BCUT2D eigenvalue weighted by molar-refractivity contribution is 0.397. The lowest BCUT2D eigenvalue weighted by atomic mass is 10.6. The van der Waals surface area contributed by atoms with Gasteiger partial charge in [0.25, 0.3) is 0 Å². The molecule has 0 aliphatic rings. The zero-order valence-corrected chi connectivity index (χ0v) is 4.38. The van der Waals surface area contributed by atoms with Gasteiger partial charge in [0.05, 0.1) is 12.5 Å². The van der Waals surface area contributed by atoms with Crippen molar-refractivity contribution in [2.75, 3.05) is 12.8 Å². The SMILES string of the molecule is [2H]c1nc(N)c([2H])c(OC([2H])([2H])[2H])n1. The van der Waals surface area contributed by atoms with Gasteiger partial charge in [-0.2, -0.15) is 0 Å². The summed E-state index contributed by atoms with van der Waals surface area (Å²) in [5.74, 6) is -0.799. The number of ether oxygens (including phenoxy) is 1. The van der Waals surface area contributed by atoms with Crippen LogP contribution in [0.4, 0.5) is 5.82 Å². The van der Waals surface area contributed by atoms with Gasteiger partial charge < -0.3 is 10.5 Å². The Morgan fingerprint density at radius 2 is 2.78 bits per heavy atom. The Hall–Kier alpha value is -1.32. The first-order valence-corrected chi connectivity index (χ1v) is 2.09. The maximum Gasteiger partial charge on any atom is 0.218 e. The summed E-state index contributed by atoms with van der Waals surface area (Å²) in [4.78, 5) is 6.67. The minimum absolute atomic E-state index is 0.288. The van der Waals surface area contributed by atoms with Crippen LogP contribution in [-0.2, 0) is 0 Å². The fourth-order valence-corrected chi connectivity index (χ4v) is 0.338. The number of nitrogens with zero attached hydrogens (tertiary/aromatic N) is 2. The van der Waals surface area contributed by atoms with E-state index in [9.17, 15) is 0 Å². The maximum absolute atomic E-state index is 7.26. The molecule has 0 saturated heterocycles. The predicted molar refractivity (Wildman–Crippen MR) is 33.0 cm³/mol. The van der Waals surface area contributed by atoms with E-state index in [4.69, 9.17) is 12.6 Å². The maximum atomic E-state index is 7.26. The number of anilines is 1. The van der Waals surface area contributed by atoms with Crippen molar-refractivity contribution >= 4 is 5.82 Å². The Labute approximate surface area is 59.7 Å². The second-order valence-electron chi connectivity index (χ2n) is 1.24. The third-order valence-electron chi connectivity index (χ3n) is 0.654. The molecular formula is C5H7N3O. The van der Waals surface area contributed by atoms with E-state index in [0.29, 0.717) is 0 Å². The van der Waals surface area contributed by atoms with Crippen LogP contribution in [0.25, 0.3) is 0 Å². The Balaban J connectivity index is 3.09. The average Bonchev–Trinajstić information content (AvgIpc) is 1.96. The molecule has 0 unspecified atom stereocenters. The summed E-state index contributed by atoms with van der Waals surface area (Å²) in [6.07, 6.45) is -0.488. The molecule has 0 atom stereocenters. The van der Waals surface area contributed by atoms with E-state index in [1.165, 1.54) is 0 Å². The molecule has 0 fully saturated rings. The van der Waals surface area contributed by atoms with Crippen molar-refractivity contribution < 1.29 is 11.6 Å². The van der Waals surface area contributed by atoms with Crippen molar-refractivity contribution in [2.24, 2.45) is 0 Å². The summed E-state index contributed by atoms with van der Waals surface area (Å²) in [7, 11) is -2.72. The molecule has 0 aromatic carbocycles. The minimum Gasteiger partial charge on any atom is -0.481 e. The average molecular weight is 130 g/mol. The van der Waals surface area contributed by atoms with Gasteiger partial charge in [0.15, 0.2) is 0 Å². The monoisotopic (exact) mass is 130 g/mol. The number of nitrogen functional groups attached to an aromatic ring is 1. The van der Waals surface area contributed by atoms with Crippen molar-refractivity contribution in [3.05, 3.63) is 12.3 Å². The van der Waals surface area contributed by atoms with Gasteiger partial charge >= 0.3 is 0 Å². The first-order valence-electron chi connectivity index (χ1n) is 4.59. The smallest absolute Gasteiger partial charge is 0.218 e. The van der Waals surface area contributed by atoms with Crippen LogP contribution in [-0.4, -0.2) is 17.0 Å². The Kier molecular flexibility index (Phi) is 0.545. The summed E-state index contributed by atoms with van der Waals surface area (Å²) in [5, 5.41) is 0. The highest BCUT2D eigenvalue weighted by Crippen LogP contribution is 2.05. The lowest BCUT2D eigenvalue weighted by Crippen LogP contribution is -1.93. The first kappa shape index (κ1) is 2.13. The van der Waals surface area contributed by atoms with Crippen molar-refractivity contribution in [3.63, 3.8) is 0 Å². The van der Waals surface area contributed by atoms with E-state index in [1.54, 1.807) is 0 Å². The molecule has 0 amide bonds. The summed E-state index contributed by atoms with van der Waals surface area (Å²) >= 11 is 0. The standard InChI is InChI=1S/C5H7N3O/c1-9-5-2-4(6)7-3-8-5/h2-3H,1H3,(H2,6,7,8)/i1D3,2D,3D. The molecule has 1 aromatic heterocycles. The minimum atomic E-state index is -2.72. The highest BCUT2D eigenvalue weighted by atomic mass is 16.5. The lowest BCUT2D eigenvalue weighted by Gasteiger charge is -1.95. The zero-order valence-electron chi connectivity index (χ0n) is 9.38. The predicted octanol–water partition coefficient (Wildman–Crippen LogP) is 0.0674. The highest BCUT2D eigenvalue weighted by molar-refractivity contribution is 5.30. The van der Waals surface area contributed by atoms with Gasteiger partial charge in [-0.25, -0.2) is 9.97 Å². The first-order chi connectivity index (χ1) is 6.29. The number of methoxy groups -OCH3 is 1. The quantitative estimate of drug-likeness (QED) is 0.584. The molecule has 1 aromatic rings. The van der Waals surface area contributed by atoms with Crippen LogP contribution in [0.1, 0.15) is 6.85 Å². The van der Waals surface area contributed by atoms with Gasteiger partial charge in [0, 0.05) is 6.04 Å². The molecule has 48 valence electrons. The van der Waals surface area contributed by atoms with Gasteiger partial charge in [0.2, 0.25) is 5.88 Å². The number of hydrogen-bond donors (Lipinski definition) is 1. The van der Waals surface area contributed by atoms with Crippen molar-refractivity contribution in [1.82, 2.24) is 9.97 Å². The fraction of sp³-hybridized carbons (Fsp3) is 0.200. The Morgan fingerprint density at radius 1 is 1.89 bits per heavy atom. The van der Waals surface area contributed by atoms with E-state index in [0.717, 1.165) is 0 Å². The van der Waals surface area contributed by atoms with Gasteiger partial charge in [0.1, 0.15) is 13.5 Å². The summed E-state index contributed by atoms with van der Waals surface area (Å²) in [5.41, 5.74) is 5.22. The molecule has 9 heavy (non-hydrogen) atoms. The fourth-order valence-electron chi connectivity index (χ4n) is 0.338. The van der Waals surface area contributed by atoms with Crippen LogP contribution in [0.5, 0.6) is 5.88 Å². The molecule has 0 spiro atoms. The topological polar surface area (TPSA) is 61.0 Å². The molecule has 0 radical (unpaired) electrons. The van der Waals surface area contributed by atoms with E-state index in [2.05, 4.69) is 14.7 Å². The third kappa shape index (κ3) is 1.28. The zero-order chi connectivity index (χ0) is 10.9. The summed E-state index contributed by atoms with van der Waals surface area (Å²) in [6, 6.07) is -0.433. The van der Waals surface area contributed by atoms with E-state index >= 15 is 0 Å². The van der Waals surface area contributed by atoms with Crippen molar-refractivity contribution in [2.45, 2.75) is 0 Å². The number of rotatable bonds is 1. The summed E-state index contributed by atoms with van der Waals surface area (Å²) < 4.78 is 39.0. The number of hydrogen-bond acceptors (Lipinski definition) is 4. The molecular weight excluding hydrogens is 118 g/mol. The van der Waals surface area contributed by atoms with Crippen LogP contribution in [0.2, 0.25) is 0 Å². The van der Waals surface area contributed by atoms with Gasteiger partial charge in [-0.3, -0.25) is 0 Å². The molecule has 1 rings (SSSR count). The molecule has 4 heteroatoms. The van der Waals surface area contributed by atoms with Crippen LogP contribution >= 0.6 is 0 Å². The molecule has 0 saturated carbocycles. The van der Waals surface area contributed by atoms with Crippen LogP contribution in [0, 0.1) is 0 Å². The Morgan fingerprint density at radius 3 is 3.56 bits per heavy atom. The summed E-state index contributed by atoms with van der Waals surface area (Å²) in [6.45, 7) is 0. The number of nitrogens with two attached hydrogens (primary N) is 1. The van der Waals surface area contributed by atoms with Gasteiger partial charge in [-0.15, -0.1) is 0 Å². The molecule has 0 aliphatic heterocycles. The normalized spacial score (nSPS) is 18.4. The van der Waals surface area contributed by atoms with Crippen LogP contribution < -0.4 is 10.5 Å². The molecule has 2 N–H and O–H groups in total. The van der Waals surface area contributed by atoms with Crippen molar-refractivity contribution in [3.8, 4) is 5.88 Å². The van der Waals surface area contributed by atoms with E-state index < -0.39 is 25.3 Å². The largest absolute Gasteiger partial charge is 0.481 e. The van der Waals surface area contributed by atoms with E-state index in [1.807, 2.05) is 0 Å². The van der Waals surface area contributed by atoms with Crippen molar-refractivity contribution in [1.29, 1.82) is 0 Å². The third-order valence-corrected chi connectivity index (χ3v) is 0.654. The van der Waals surface area contributed by atoms with Gasteiger partial charge in [-0.05, 0) is 0 Å². The number of aromatic nitrogens is 2. The second-order valence-corrected chi connectivity index (χ2v) is 1.24. The molecule has 0 aliphatic carbocycles. The molecule has 0 bridgehead atoms. The van der Waals surface area contributed by atoms with Gasteiger partial charge in [-0.1, -0.05) is 0 Å². The van der Waals surface area contributed by atoms with Crippen LogP contribution in [0.15, 0.2) is 12.3 Å². The highest BCUT2D eigenvalue weighted by Gasteiger charge is 1.90. The molecule has 1 heterocycles.